The average molecular weight is 411 g/mol. The molecular formula is C26H34O4. The van der Waals surface area contributed by atoms with Gasteiger partial charge >= 0.3 is 5.97 Å². The molecule has 0 radical (unpaired) electrons. The summed E-state index contributed by atoms with van der Waals surface area (Å²) in [6, 6.07) is 6.79. The summed E-state index contributed by atoms with van der Waals surface area (Å²) in [4.78, 5) is 10.7. The maximum Gasteiger partial charge on any atom is 0.335 e. The molecule has 4 heteroatoms. The molecular weight excluding hydrogens is 376 g/mol. The van der Waals surface area contributed by atoms with E-state index in [2.05, 4.69) is 23.7 Å². The number of rotatable bonds is 6. The third-order valence-corrected chi connectivity index (χ3v) is 5.08. The molecule has 3 rings (SSSR count). The van der Waals surface area contributed by atoms with Crippen molar-refractivity contribution in [2.45, 2.75) is 89.9 Å². The quantitative estimate of drug-likeness (QED) is 0.621. The first-order valence-corrected chi connectivity index (χ1v) is 11.2. The number of ether oxygens (including phenoxy) is 2. The van der Waals surface area contributed by atoms with Crippen LogP contribution in [-0.4, -0.2) is 29.9 Å². The first-order valence-electron chi connectivity index (χ1n) is 11.2. The van der Waals surface area contributed by atoms with Crippen LogP contribution in [0.4, 0.5) is 0 Å². The van der Waals surface area contributed by atoms with E-state index < -0.39 is 5.97 Å². The van der Waals surface area contributed by atoms with E-state index in [1.165, 1.54) is 32.1 Å². The minimum atomic E-state index is -0.904. The topological polar surface area (TPSA) is 55.8 Å². The van der Waals surface area contributed by atoms with Crippen molar-refractivity contribution in [2.75, 3.05) is 6.61 Å². The number of carbonyl (C=O) groups is 1. The van der Waals surface area contributed by atoms with Gasteiger partial charge in [-0.1, -0.05) is 36.8 Å². The summed E-state index contributed by atoms with van der Waals surface area (Å²) in [5.74, 6) is 11.7. The Labute approximate surface area is 181 Å². The van der Waals surface area contributed by atoms with E-state index >= 15 is 0 Å². The van der Waals surface area contributed by atoms with Gasteiger partial charge in [0.2, 0.25) is 0 Å². The Morgan fingerprint density at radius 3 is 2.00 bits per heavy atom. The molecule has 0 amide bonds. The van der Waals surface area contributed by atoms with Crippen molar-refractivity contribution in [1.29, 1.82) is 0 Å². The summed E-state index contributed by atoms with van der Waals surface area (Å²) < 4.78 is 11.2. The summed E-state index contributed by atoms with van der Waals surface area (Å²) in [6.45, 7) is 3.30. The Bertz CT molecular complexity index is 745. The van der Waals surface area contributed by atoms with Crippen molar-refractivity contribution in [1.82, 2.24) is 0 Å². The van der Waals surface area contributed by atoms with Gasteiger partial charge in [-0.05, 0) is 63.1 Å². The summed E-state index contributed by atoms with van der Waals surface area (Å²) in [5.41, 5.74) is 1.28. The zero-order valence-corrected chi connectivity index (χ0v) is 18.1. The molecule has 0 saturated carbocycles. The smallest absolute Gasteiger partial charge is 0.335 e. The summed E-state index contributed by atoms with van der Waals surface area (Å²) >= 11 is 0. The SMILES string of the molecule is CCOC1C#CCCCCC1.O=C(O)c1ccc(COC2C#CCCCCC2)cc1. The van der Waals surface area contributed by atoms with Crippen molar-refractivity contribution in [3.8, 4) is 23.7 Å². The van der Waals surface area contributed by atoms with Crippen molar-refractivity contribution in [3.05, 3.63) is 35.4 Å². The predicted octanol–water partition coefficient (Wildman–Crippen LogP) is 5.60. The molecule has 30 heavy (non-hydrogen) atoms. The van der Waals surface area contributed by atoms with Crippen LogP contribution in [0.2, 0.25) is 0 Å². The first-order chi connectivity index (χ1) is 14.7. The van der Waals surface area contributed by atoms with Gasteiger partial charge in [0.25, 0.3) is 0 Å². The molecule has 0 spiro atoms. The number of carboxylic acid groups (broad SMARTS) is 1. The number of benzene rings is 1. The number of carboxylic acids is 1. The molecule has 1 N–H and O–H groups in total. The fourth-order valence-electron chi connectivity index (χ4n) is 3.35. The van der Waals surface area contributed by atoms with Crippen molar-refractivity contribution in [3.63, 3.8) is 0 Å². The second-order valence-corrected chi connectivity index (χ2v) is 7.59. The summed E-state index contributed by atoms with van der Waals surface area (Å²) in [7, 11) is 0. The number of hydrogen-bond donors (Lipinski definition) is 1. The van der Waals surface area contributed by atoms with Gasteiger partial charge in [0, 0.05) is 19.4 Å². The van der Waals surface area contributed by atoms with Gasteiger partial charge in [-0.25, -0.2) is 4.79 Å². The molecule has 2 aliphatic rings. The van der Waals surface area contributed by atoms with Crippen LogP contribution in [0, 0.1) is 23.7 Å². The highest BCUT2D eigenvalue weighted by Gasteiger charge is 2.08. The van der Waals surface area contributed by atoms with Crippen LogP contribution in [0.1, 0.15) is 87.1 Å². The number of hydrogen-bond acceptors (Lipinski definition) is 3. The zero-order chi connectivity index (χ0) is 21.4. The summed E-state index contributed by atoms with van der Waals surface area (Å²) in [5, 5.41) is 8.82. The van der Waals surface area contributed by atoms with E-state index in [1.807, 2.05) is 6.92 Å². The average Bonchev–Trinajstić information content (AvgIpc) is 2.70. The largest absolute Gasteiger partial charge is 0.478 e. The lowest BCUT2D eigenvalue weighted by molar-refractivity contribution is 0.0688. The highest BCUT2D eigenvalue weighted by molar-refractivity contribution is 5.87. The molecule has 1 aromatic carbocycles. The Hall–Kier alpha value is -2.27. The third-order valence-electron chi connectivity index (χ3n) is 5.08. The maximum absolute atomic E-state index is 10.7. The van der Waals surface area contributed by atoms with Crippen LogP contribution >= 0.6 is 0 Å². The minimum Gasteiger partial charge on any atom is -0.478 e. The fourth-order valence-corrected chi connectivity index (χ4v) is 3.35. The maximum atomic E-state index is 10.7. The normalized spacial score (nSPS) is 21.0. The molecule has 2 atom stereocenters. The highest BCUT2D eigenvalue weighted by Crippen LogP contribution is 2.13. The molecule has 0 aliphatic heterocycles. The second-order valence-electron chi connectivity index (χ2n) is 7.59. The molecule has 2 unspecified atom stereocenters. The lowest BCUT2D eigenvalue weighted by atomic mass is 10.1. The van der Waals surface area contributed by atoms with Gasteiger partial charge < -0.3 is 14.6 Å². The lowest BCUT2D eigenvalue weighted by Gasteiger charge is -2.13. The van der Waals surface area contributed by atoms with Crippen LogP contribution in [0.3, 0.4) is 0 Å². The lowest BCUT2D eigenvalue weighted by Crippen LogP contribution is -2.11. The van der Waals surface area contributed by atoms with Crippen molar-refractivity contribution in [2.24, 2.45) is 0 Å². The minimum absolute atomic E-state index is 0.0134. The van der Waals surface area contributed by atoms with Gasteiger partial charge in [-0.3, -0.25) is 0 Å². The van der Waals surface area contributed by atoms with Gasteiger partial charge in [0.05, 0.1) is 12.2 Å². The molecule has 0 aromatic heterocycles. The van der Waals surface area contributed by atoms with E-state index in [0.29, 0.717) is 12.2 Å². The first kappa shape index (κ1) is 24.0. The van der Waals surface area contributed by atoms with Crippen LogP contribution in [0.15, 0.2) is 24.3 Å². The molecule has 2 aliphatic carbocycles. The predicted molar refractivity (Wildman–Crippen MR) is 119 cm³/mol. The van der Waals surface area contributed by atoms with Crippen molar-refractivity contribution < 1.29 is 19.4 Å². The summed E-state index contributed by atoms with van der Waals surface area (Å²) in [6.07, 6.45) is 11.8. The monoisotopic (exact) mass is 410 g/mol. The Kier molecular flexibility index (Phi) is 11.7. The van der Waals surface area contributed by atoms with E-state index in [0.717, 1.165) is 44.3 Å². The molecule has 4 nitrogen and oxygen atoms in total. The Balaban J connectivity index is 0.000000248. The molecule has 0 saturated heterocycles. The number of aromatic carboxylic acids is 1. The molecule has 1 aromatic rings. The van der Waals surface area contributed by atoms with Crippen molar-refractivity contribution >= 4 is 5.97 Å². The van der Waals surface area contributed by atoms with Crippen LogP contribution in [0.5, 0.6) is 0 Å². The van der Waals surface area contributed by atoms with Gasteiger partial charge in [0.15, 0.2) is 0 Å². The van der Waals surface area contributed by atoms with Gasteiger partial charge in [0.1, 0.15) is 12.2 Å². The van der Waals surface area contributed by atoms with Crippen LogP contribution in [0.25, 0.3) is 0 Å². The van der Waals surface area contributed by atoms with Gasteiger partial charge in [-0.15, -0.1) is 11.8 Å². The standard InChI is InChI=1S/C16H18O3.C10H16O/c17-16(18)14-10-8-13(9-11-14)12-19-15-6-4-2-1-3-5-7-15;1-2-11-10-8-6-4-3-5-7-9-10/h8-11,15H,1-4,6,12H2,(H,17,18);10H,2-6,8H2,1H3. The van der Waals surface area contributed by atoms with Gasteiger partial charge in [-0.2, -0.15) is 0 Å². The highest BCUT2D eigenvalue weighted by atomic mass is 16.5. The van der Waals surface area contributed by atoms with Crippen LogP contribution < -0.4 is 0 Å². The van der Waals surface area contributed by atoms with Crippen LogP contribution in [-0.2, 0) is 16.1 Å². The van der Waals surface area contributed by atoms with E-state index in [1.54, 1.807) is 24.3 Å². The fraction of sp³-hybridized carbons (Fsp3) is 0.577. The molecule has 162 valence electrons. The molecule has 0 heterocycles. The zero-order valence-electron chi connectivity index (χ0n) is 18.1. The van der Waals surface area contributed by atoms with E-state index in [9.17, 15) is 4.79 Å². The van der Waals surface area contributed by atoms with E-state index in [4.69, 9.17) is 14.6 Å². The Morgan fingerprint density at radius 2 is 1.47 bits per heavy atom. The molecule has 0 bridgehead atoms. The second kappa shape index (κ2) is 14.7. The Morgan fingerprint density at radius 1 is 0.900 bits per heavy atom. The third kappa shape index (κ3) is 9.97. The molecule has 0 fully saturated rings. The van der Waals surface area contributed by atoms with E-state index in [-0.39, 0.29) is 12.2 Å².